The van der Waals surface area contributed by atoms with Crippen molar-refractivity contribution in [3.05, 3.63) is 47.1 Å². The largest absolute Gasteiger partial charge is 0.496 e. The van der Waals surface area contributed by atoms with Crippen molar-refractivity contribution in [3.8, 4) is 17.0 Å². The fraction of sp³-hybridized carbons (Fsp3) is 0.350. The van der Waals surface area contributed by atoms with E-state index in [0.29, 0.717) is 16.9 Å². The lowest BCUT2D eigenvalue weighted by atomic mass is 10.1. The molecule has 1 fully saturated rings. The lowest BCUT2D eigenvalue weighted by Gasteiger charge is -2.22. The number of hydrogen-bond acceptors (Lipinski definition) is 6. The van der Waals surface area contributed by atoms with E-state index in [0.717, 1.165) is 48.5 Å². The fourth-order valence-corrected chi connectivity index (χ4v) is 4.07. The van der Waals surface area contributed by atoms with Crippen LogP contribution in [0.2, 0.25) is 0 Å². The van der Waals surface area contributed by atoms with Gasteiger partial charge in [0.15, 0.2) is 10.8 Å². The van der Waals surface area contributed by atoms with Crippen LogP contribution in [0, 0.1) is 6.92 Å². The van der Waals surface area contributed by atoms with Crippen LogP contribution in [0.4, 0.5) is 5.13 Å². The molecular formula is C20H23N5O2S. The number of aryl methyl sites for hydroxylation is 1. The first-order valence-corrected chi connectivity index (χ1v) is 10.2. The molecule has 3 aromatic rings. The molecule has 1 aromatic carbocycles. The van der Waals surface area contributed by atoms with Crippen molar-refractivity contribution in [2.45, 2.75) is 25.8 Å². The van der Waals surface area contributed by atoms with E-state index in [1.165, 1.54) is 11.3 Å². The lowest BCUT2D eigenvalue weighted by Crippen LogP contribution is -2.32. The molecule has 0 aliphatic carbocycles. The molecule has 0 spiro atoms. The molecular weight excluding hydrogens is 374 g/mol. The topological polar surface area (TPSA) is 81.1 Å². The molecule has 1 aliphatic rings. The summed E-state index contributed by atoms with van der Waals surface area (Å²) in [5.74, 6) is 0.508. The molecule has 1 saturated heterocycles. The Morgan fingerprint density at radius 2 is 2.29 bits per heavy atom. The Kier molecular flexibility index (Phi) is 5.40. The number of methoxy groups -OCH3 is 1. The smallest absolute Gasteiger partial charge is 0.277 e. The Balaban J connectivity index is 1.48. The summed E-state index contributed by atoms with van der Waals surface area (Å²) in [5.41, 5.74) is 3.21. The van der Waals surface area contributed by atoms with Gasteiger partial charge in [-0.05, 0) is 44.5 Å². The maximum absolute atomic E-state index is 12.6. The van der Waals surface area contributed by atoms with Gasteiger partial charge in [0, 0.05) is 23.7 Å². The highest BCUT2D eigenvalue weighted by Crippen LogP contribution is 2.33. The summed E-state index contributed by atoms with van der Waals surface area (Å²) < 4.78 is 7.32. The first-order valence-electron chi connectivity index (χ1n) is 9.32. The first kappa shape index (κ1) is 18.6. The second-order valence-electron chi connectivity index (χ2n) is 6.88. The number of aromatic nitrogens is 3. The number of amides is 1. The number of carbonyl (C=O) groups is 1. The van der Waals surface area contributed by atoms with Crippen LogP contribution in [-0.2, 0) is 0 Å². The van der Waals surface area contributed by atoms with Crippen LogP contribution in [0.3, 0.4) is 0 Å². The summed E-state index contributed by atoms with van der Waals surface area (Å²) >= 11 is 1.38. The standard InChI is InChI=1S/C20H23N5O2S/c1-13-5-6-18(27-2)15(10-13)17-12-28-20(22-17)23-19(26)16-7-9-25(24-16)14-4-3-8-21-11-14/h5-7,9-10,12,14,21H,3-4,8,11H2,1-2H3,(H,22,23,26). The second kappa shape index (κ2) is 8.12. The van der Waals surface area contributed by atoms with E-state index in [1.807, 2.05) is 41.4 Å². The Morgan fingerprint density at radius 1 is 1.39 bits per heavy atom. The Bertz CT molecular complexity index is 975. The summed E-state index contributed by atoms with van der Waals surface area (Å²) in [5, 5.41) is 13.1. The monoisotopic (exact) mass is 397 g/mol. The molecule has 1 unspecified atom stereocenters. The van der Waals surface area contributed by atoms with Gasteiger partial charge in [0.25, 0.3) is 5.91 Å². The highest BCUT2D eigenvalue weighted by Gasteiger charge is 2.19. The third-order valence-electron chi connectivity index (χ3n) is 4.84. The molecule has 7 nitrogen and oxygen atoms in total. The molecule has 146 valence electrons. The van der Waals surface area contributed by atoms with E-state index in [4.69, 9.17) is 4.74 Å². The van der Waals surface area contributed by atoms with Gasteiger partial charge in [-0.2, -0.15) is 5.10 Å². The van der Waals surface area contributed by atoms with Crippen molar-refractivity contribution < 1.29 is 9.53 Å². The number of benzene rings is 1. The van der Waals surface area contributed by atoms with Crippen LogP contribution < -0.4 is 15.4 Å². The summed E-state index contributed by atoms with van der Waals surface area (Å²) in [6.45, 7) is 3.95. The van der Waals surface area contributed by atoms with Gasteiger partial charge < -0.3 is 10.1 Å². The zero-order valence-electron chi connectivity index (χ0n) is 15.9. The predicted octanol–water partition coefficient (Wildman–Crippen LogP) is 3.50. The quantitative estimate of drug-likeness (QED) is 0.689. The third-order valence-corrected chi connectivity index (χ3v) is 5.60. The maximum Gasteiger partial charge on any atom is 0.277 e. The van der Waals surface area contributed by atoms with Crippen molar-refractivity contribution in [1.29, 1.82) is 0 Å². The molecule has 4 rings (SSSR count). The van der Waals surface area contributed by atoms with Crippen molar-refractivity contribution in [2.24, 2.45) is 0 Å². The second-order valence-corrected chi connectivity index (χ2v) is 7.74. The number of carbonyl (C=O) groups excluding carboxylic acids is 1. The number of rotatable bonds is 5. The van der Waals surface area contributed by atoms with E-state index in [2.05, 4.69) is 20.7 Å². The number of anilines is 1. The molecule has 0 saturated carbocycles. The van der Waals surface area contributed by atoms with Crippen LogP contribution in [0.15, 0.2) is 35.8 Å². The van der Waals surface area contributed by atoms with Gasteiger partial charge >= 0.3 is 0 Å². The summed E-state index contributed by atoms with van der Waals surface area (Å²) in [7, 11) is 1.64. The molecule has 1 amide bonds. The Morgan fingerprint density at radius 3 is 3.07 bits per heavy atom. The predicted molar refractivity (Wildman–Crippen MR) is 110 cm³/mol. The average molecular weight is 398 g/mol. The minimum Gasteiger partial charge on any atom is -0.496 e. The van der Waals surface area contributed by atoms with Gasteiger partial charge in [0.2, 0.25) is 0 Å². The summed E-state index contributed by atoms with van der Waals surface area (Å²) in [4.78, 5) is 17.1. The van der Waals surface area contributed by atoms with Gasteiger partial charge in [-0.15, -0.1) is 11.3 Å². The minimum atomic E-state index is -0.250. The Labute approximate surface area is 167 Å². The minimum absolute atomic E-state index is 0.250. The van der Waals surface area contributed by atoms with Crippen molar-refractivity contribution in [3.63, 3.8) is 0 Å². The number of piperidine rings is 1. The fourth-order valence-electron chi connectivity index (χ4n) is 3.36. The van der Waals surface area contributed by atoms with Crippen molar-refractivity contribution in [1.82, 2.24) is 20.1 Å². The first-order chi connectivity index (χ1) is 13.6. The maximum atomic E-state index is 12.6. The number of nitrogens with zero attached hydrogens (tertiary/aromatic N) is 3. The summed E-state index contributed by atoms with van der Waals surface area (Å²) in [6.07, 6.45) is 4.07. The van der Waals surface area contributed by atoms with E-state index in [-0.39, 0.29) is 5.91 Å². The van der Waals surface area contributed by atoms with Crippen LogP contribution in [-0.4, -0.2) is 40.9 Å². The molecule has 8 heteroatoms. The highest BCUT2D eigenvalue weighted by atomic mass is 32.1. The normalized spacial score (nSPS) is 16.7. The highest BCUT2D eigenvalue weighted by molar-refractivity contribution is 7.14. The molecule has 1 atom stereocenters. The summed E-state index contributed by atoms with van der Waals surface area (Å²) in [6, 6.07) is 8.00. The number of nitrogens with one attached hydrogen (secondary N) is 2. The van der Waals surface area contributed by atoms with E-state index >= 15 is 0 Å². The van der Waals surface area contributed by atoms with Crippen LogP contribution in [0.25, 0.3) is 11.3 Å². The number of ether oxygens (including phenoxy) is 1. The van der Waals surface area contributed by atoms with E-state index in [9.17, 15) is 4.79 Å². The molecule has 0 radical (unpaired) electrons. The van der Waals surface area contributed by atoms with E-state index < -0.39 is 0 Å². The molecule has 0 bridgehead atoms. The van der Waals surface area contributed by atoms with Gasteiger partial charge in [0.1, 0.15) is 5.75 Å². The molecule has 28 heavy (non-hydrogen) atoms. The van der Waals surface area contributed by atoms with Gasteiger partial charge in [-0.3, -0.25) is 14.8 Å². The van der Waals surface area contributed by atoms with E-state index in [1.54, 1.807) is 13.2 Å². The van der Waals surface area contributed by atoms with Gasteiger partial charge in [0.05, 0.1) is 18.8 Å². The zero-order chi connectivity index (χ0) is 19.5. The zero-order valence-corrected chi connectivity index (χ0v) is 16.8. The lowest BCUT2D eigenvalue weighted by molar-refractivity contribution is 0.102. The number of hydrogen-bond donors (Lipinski definition) is 2. The molecule has 2 aromatic heterocycles. The Hall–Kier alpha value is -2.71. The molecule has 2 N–H and O–H groups in total. The SMILES string of the molecule is COc1ccc(C)cc1-c1csc(NC(=O)c2ccn(C3CCCNC3)n2)n1. The third kappa shape index (κ3) is 3.93. The van der Waals surface area contributed by atoms with Gasteiger partial charge in [-0.25, -0.2) is 4.98 Å². The number of thiazole rings is 1. The van der Waals surface area contributed by atoms with Crippen LogP contribution >= 0.6 is 11.3 Å². The van der Waals surface area contributed by atoms with Crippen LogP contribution in [0.5, 0.6) is 5.75 Å². The van der Waals surface area contributed by atoms with Crippen molar-refractivity contribution >= 4 is 22.4 Å². The molecule has 1 aliphatic heterocycles. The van der Waals surface area contributed by atoms with Crippen LogP contribution in [0.1, 0.15) is 34.9 Å². The molecule has 3 heterocycles. The van der Waals surface area contributed by atoms with Gasteiger partial charge in [-0.1, -0.05) is 11.6 Å². The average Bonchev–Trinajstić information content (AvgIpc) is 3.38. The van der Waals surface area contributed by atoms with Crippen molar-refractivity contribution in [2.75, 3.05) is 25.5 Å².